The Balaban J connectivity index is 0.00000520. The molecule has 3 N–H and O–H groups in total. The fourth-order valence-corrected chi connectivity index (χ4v) is 6.74. The number of ether oxygens (including phenoxy) is 4. The van der Waals surface area contributed by atoms with E-state index in [2.05, 4.69) is 15.2 Å². The third kappa shape index (κ3) is 9.01. The number of pyridine rings is 1. The van der Waals surface area contributed by atoms with Crippen molar-refractivity contribution in [1.29, 1.82) is 0 Å². The van der Waals surface area contributed by atoms with Crippen molar-refractivity contribution in [3.05, 3.63) is 109 Å². The number of methoxy groups -OCH3 is 2. The number of carbonyl (C=O) groups is 2. The molecule has 0 amide bonds. The highest BCUT2D eigenvalue weighted by Gasteiger charge is 2.30. The average Bonchev–Trinajstić information content (AvgIpc) is 3.71. The molecule has 5 rings (SSSR count). The molecule has 1 unspecified atom stereocenters. The first kappa shape index (κ1) is 37.0. The van der Waals surface area contributed by atoms with Crippen molar-refractivity contribution in [3.63, 3.8) is 0 Å². The van der Waals surface area contributed by atoms with Gasteiger partial charge in [-0.2, -0.15) is 0 Å². The van der Waals surface area contributed by atoms with Gasteiger partial charge in [0, 0.05) is 42.1 Å². The number of carbonyl (C=O) groups excluding carboxylic acids is 2. The van der Waals surface area contributed by atoms with Gasteiger partial charge in [0.25, 0.3) is 0 Å². The van der Waals surface area contributed by atoms with E-state index in [9.17, 15) is 14.0 Å². The summed E-state index contributed by atoms with van der Waals surface area (Å²) in [7, 11) is 5.02. The van der Waals surface area contributed by atoms with Gasteiger partial charge < -0.3 is 29.3 Å². The quantitative estimate of drug-likeness (QED) is 0.164. The predicted molar refractivity (Wildman–Crippen MR) is 179 cm³/mol. The topological polar surface area (TPSA) is 130 Å². The third-order valence-electron chi connectivity index (χ3n) is 7.84. The van der Waals surface area contributed by atoms with Crippen LogP contribution in [0.25, 0.3) is 0 Å². The van der Waals surface area contributed by atoms with Gasteiger partial charge in [0.1, 0.15) is 39.0 Å². The molecule has 3 heterocycles. The van der Waals surface area contributed by atoms with Crippen LogP contribution in [0.1, 0.15) is 49.8 Å². The Hall–Kier alpha value is -3.78. The van der Waals surface area contributed by atoms with Crippen LogP contribution in [0.5, 0.6) is 11.5 Å². The third-order valence-corrected chi connectivity index (χ3v) is 9.58. The number of aromatic nitrogens is 1. The van der Waals surface area contributed by atoms with E-state index in [0.717, 1.165) is 11.4 Å². The number of benzene rings is 2. The van der Waals surface area contributed by atoms with Crippen LogP contribution in [0, 0.1) is 5.82 Å². The molecule has 1 fully saturated rings. The van der Waals surface area contributed by atoms with Gasteiger partial charge in [0.05, 0.1) is 14.2 Å². The molecule has 1 aliphatic rings. The number of nitrogens with one attached hydrogen (secondary N) is 2. The molecule has 4 aromatic rings. The highest BCUT2D eigenvalue weighted by atomic mass is 35.5. The van der Waals surface area contributed by atoms with E-state index < -0.39 is 29.9 Å². The summed E-state index contributed by atoms with van der Waals surface area (Å²) in [5, 5.41) is 3.93. The SMILES string of the molecule is COc1ccc([C@H](Cc2c(Cl)c[nH+]cc2Cl)OC(=O)c2ccc(CNC(C(=O)O[C@@H]3CCN(C)C3)c3ccccc3F)s2)cc1OC.[OH-]. The fraction of sp³-hybridized carbons (Fsp3) is 0.324. The van der Waals surface area contributed by atoms with Crippen LogP contribution in [-0.2, 0) is 27.2 Å². The number of aromatic amines is 1. The van der Waals surface area contributed by atoms with Crippen LogP contribution in [0.15, 0.2) is 67.0 Å². The van der Waals surface area contributed by atoms with E-state index in [1.807, 2.05) is 7.05 Å². The first-order valence-corrected chi connectivity index (χ1v) is 16.5. The second-order valence-corrected chi connectivity index (χ2v) is 13.0. The molecular formula is C34H36Cl2FN3O7S. The van der Waals surface area contributed by atoms with Crippen molar-refractivity contribution in [3.8, 4) is 11.5 Å². The van der Waals surface area contributed by atoms with Crippen LogP contribution in [0.2, 0.25) is 10.0 Å². The Labute approximate surface area is 292 Å². The monoisotopic (exact) mass is 719 g/mol. The summed E-state index contributed by atoms with van der Waals surface area (Å²) in [6.45, 7) is 1.62. The van der Waals surface area contributed by atoms with Crippen LogP contribution in [0.3, 0.4) is 0 Å². The summed E-state index contributed by atoms with van der Waals surface area (Å²) in [4.78, 5) is 32.8. The number of halogens is 3. The Morgan fingerprint density at radius 3 is 2.46 bits per heavy atom. The van der Waals surface area contributed by atoms with Gasteiger partial charge in [0.15, 0.2) is 23.9 Å². The molecule has 0 saturated carbocycles. The molecule has 3 atom stereocenters. The zero-order chi connectivity index (χ0) is 33.5. The molecule has 256 valence electrons. The lowest BCUT2D eigenvalue weighted by Crippen LogP contribution is -2.33. The lowest BCUT2D eigenvalue weighted by atomic mass is 10.0. The van der Waals surface area contributed by atoms with Crippen LogP contribution >= 0.6 is 34.5 Å². The Morgan fingerprint density at radius 2 is 1.79 bits per heavy atom. The van der Waals surface area contributed by atoms with Gasteiger partial charge >= 0.3 is 11.9 Å². The van der Waals surface area contributed by atoms with E-state index in [0.29, 0.717) is 50.5 Å². The molecule has 0 radical (unpaired) electrons. The molecule has 0 aliphatic carbocycles. The maximum atomic E-state index is 14.8. The minimum absolute atomic E-state index is 0. The van der Waals surface area contributed by atoms with Crippen molar-refractivity contribution >= 4 is 46.5 Å². The number of likely N-dealkylation sites (tertiary alicyclic amines) is 1. The molecule has 0 bridgehead atoms. The van der Waals surface area contributed by atoms with Gasteiger partial charge in [-0.3, -0.25) is 5.32 Å². The first-order chi connectivity index (χ1) is 22.7. The second kappa shape index (κ2) is 17.0. The summed E-state index contributed by atoms with van der Waals surface area (Å²) in [5.41, 5.74) is 1.44. The van der Waals surface area contributed by atoms with Gasteiger partial charge in [-0.05, 0) is 49.4 Å². The van der Waals surface area contributed by atoms with Crippen LogP contribution in [0.4, 0.5) is 4.39 Å². The molecule has 1 saturated heterocycles. The molecule has 2 aromatic heterocycles. The zero-order valence-electron chi connectivity index (χ0n) is 26.5. The van der Waals surface area contributed by atoms with E-state index >= 15 is 0 Å². The summed E-state index contributed by atoms with van der Waals surface area (Å²) < 4.78 is 37.5. The maximum absolute atomic E-state index is 14.8. The number of hydrogen-bond acceptors (Lipinski definition) is 10. The second-order valence-electron chi connectivity index (χ2n) is 11.1. The Bertz CT molecular complexity index is 1710. The minimum Gasteiger partial charge on any atom is -0.870 e. The number of esters is 2. The number of thiophene rings is 1. The number of H-pyrrole nitrogens is 1. The van der Waals surface area contributed by atoms with E-state index in [1.54, 1.807) is 60.9 Å². The number of hydrogen-bond donors (Lipinski definition) is 1. The Kier molecular flexibility index (Phi) is 13.2. The van der Waals surface area contributed by atoms with Crippen molar-refractivity contribution in [1.82, 2.24) is 10.2 Å². The zero-order valence-corrected chi connectivity index (χ0v) is 28.8. The van der Waals surface area contributed by atoms with Gasteiger partial charge in [-0.15, -0.1) is 11.3 Å². The van der Waals surface area contributed by atoms with Crippen LogP contribution < -0.4 is 19.8 Å². The summed E-state index contributed by atoms with van der Waals surface area (Å²) >= 11 is 14.1. The fourth-order valence-electron chi connectivity index (χ4n) is 5.36. The summed E-state index contributed by atoms with van der Waals surface area (Å²) in [6, 6.07) is 13.7. The molecule has 1 aliphatic heterocycles. The van der Waals surface area contributed by atoms with E-state index in [1.165, 1.54) is 31.6 Å². The maximum Gasteiger partial charge on any atom is 0.348 e. The smallest absolute Gasteiger partial charge is 0.348 e. The normalized spacial score (nSPS) is 15.7. The highest BCUT2D eigenvalue weighted by Crippen LogP contribution is 2.36. The standard InChI is InChI=1S/C34H34Cl2FN3O6S.H2O/c1-40-13-12-21(19-40)45-34(42)32(23-6-4-5-7-27(23)37)39-16-22-9-11-31(47-22)33(41)46-29(15-24-25(35)17-38-18-26(24)36)20-8-10-28(43-2)30(14-20)44-3;/h4-11,14,17-18,21,29,32,39H,12-13,15-16,19H2,1-3H3;1H2/t21-,29+,32?;/m1./s1. The Morgan fingerprint density at radius 1 is 1.06 bits per heavy atom. The van der Waals surface area contributed by atoms with Gasteiger partial charge in [-0.1, -0.05) is 47.5 Å². The molecular weight excluding hydrogens is 684 g/mol. The van der Waals surface area contributed by atoms with Crippen molar-refractivity contribution in [2.45, 2.75) is 37.6 Å². The molecule has 14 heteroatoms. The van der Waals surface area contributed by atoms with Crippen LogP contribution in [-0.4, -0.2) is 62.8 Å². The van der Waals surface area contributed by atoms with E-state index in [-0.39, 0.29) is 30.1 Å². The van der Waals surface area contributed by atoms with Crippen molar-refractivity contribution < 1.29 is 43.4 Å². The summed E-state index contributed by atoms with van der Waals surface area (Å²) in [6.07, 6.45) is 3.07. The van der Waals surface area contributed by atoms with Crippen molar-refractivity contribution in [2.24, 2.45) is 0 Å². The molecule has 0 spiro atoms. The molecule has 2 aromatic carbocycles. The predicted octanol–water partition coefficient (Wildman–Crippen LogP) is 6.07. The lowest BCUT2D eigenvalue weighted by Gasteiger charge is -2.21. The number of nitrogens with zero attached hydrogens (tertiary/aromatic N) is 1. The first-order valence-electron chi connectivity index (χ1n) is 14.9. The number of rotatable bonds is 13. The van der Waals surface area contributed by atoms with Crippen molar-refractivity contribution in [2.75, 3.05) is 34.4 Å². The number of likely N-dealkylation sites (N-methyl/N-ethyl adjacent to an activating group) is 1. The lowest BCUT2D eigenvalue weighted by molar-refractivity contribution is -0.377. The van der Waals surface area contributed by atoms with Gasteiger partial charge in [-0.25, -0.2) is 19.0 Å². The molecule has 10 nitrogen and oxygen atoms in total. The molecule has 48 heavy (non-hydrogen) atoms. The largest absolute Gasteiger partial charge is 0.870 e. The van der Waals surface area contributed by atoms with E-state index in [4.69, 9.17) is 42.1 Å². The highest BCUT2D eigenvalue weighted by molar-refractivity contribution is 7.13. The minimum atomic E-state index is -1.04. The van der Waals surface area contributed by atoms with Gasteiger partial charge in [0.2, 0.25) is 0 Å². The summed E-state index contributed by atoms with van der Waals surface area (Å²) in [5.74, 6) is -0.641. The average molecular weight is 721 g/mol.